The van der Waals surface area contributed by atoms with Gasteiger partial charge in [0.1, 0.15) is 0 Å². The Morgan fingerprint density at radius 3 is 2.48 bits per heavy atom. The van der Waals surface area contributed by atoms with E-state index in [0.29, 0.717) is 6.54 Å². The molecule has 0 spiro atoms. The molecule has 1 heterocycles. The quantitative estimate of drug-likeness (QED) is 0.787. The van der Waals surface area contributed by atoms with E-state index in [-0.39, 0.29) is 5.54 Å². The number of halogens is 2. The number of likely N-dealkylation sites (N-methyl/N-ethyl adjacent to an activating group) is 1. The van der Waals surface area contributed by atoms with Gasteiger partial charge < -0.3 is 5.73 Å². The van der Waals surface area contributed by atoms with Crippen molar-refractivity contribution in [3.63, 3.8) is 0 Å². The predicted octanol–water partition coefficient (Wildman–Crippen LogP) is 4.56. The third kappa shape index (κ3) is 4.54. The van der Waals surface area contributed by atoms with Gasteiger partial charge in [-0.05, 0) is 71.0 Å². The van der Waals surface area contributed by atoms with Gasteiger partial charge in [0.05, 0.1) is 3.79 Å². The van der Waals surface area contributed by atoms with Crippen LogP contribution >= 0.6 is 38.9 Å². The Hall–Kier alpha value is -0.390. The molecule has 0 aliphatic carbocycles. The van der Waals surface area contributed by atoms with Crippen LogP contribution in [0, 0.1) is 0 Å². The minimum absolute atomic E-state index is 0.0811. The molecule has 2 nitrogen and oxygen atoms in total. The van der Waals surface area contributed by atoms with Gasteiger partial charge in [0, 0.05) is 23.7 Å². The van der Waals surface area contributed by atoms with Crippen LogP contribution < -0.4 is 5.73 Å². The molecule has 0 saturated heterocycles. The highest BCUT2D eigenvalue weighted by Crippen LogP contribution is 2.25. The van der Waals surface area contributed by atoms with Gasteiger partial charge >= 0.3 is 0 Å². The normalized spacial score (nSPS) is 14.4. The van der Waals surface area contributed by atoms with Crippen LogP contribution in [0.1, 0.15) is 18.1 Å². The van der Waals surface area contributed by atoms with Crippen LogP contribution in [0.5, 0.6) is 0 Å². The first-order valence-corrected chi connectivity index (χ1v) is 8.87. The maximum Gasteiger partial charge on any atom is 0.0701 e. The largest absolute Gasteiger partial charge is 0.329 e. The average Bonchev–Trinajstić information content (AvgIpc) is 2.86. The van der Waals surface area contributed by atoms with E-state index in [2.05, 4.69) is 58.4 Å². The molecule has 1 atom stereocenters. The molecule has 0 aliphatic heterocycles. The summed E-state index contributed by atoms with van der Waals surface area (Å²) in [5.74, 6) is 0. The van der Waals surface area contributed by atoms with E-state index in [4.69, 9.17) is 17.3 Å². The Labute approximate surface area is 144 Å². The molecule has 114 valence electrons. The summed E-state index contributed by atoms with van der Waals surface area (Å²) in [5, 5.41) is 2.95. The highest BCUT2D eigenvalue weighted by atomic mass is 79.9. The Bertz CT molecular complexity index is 584. The van der Waals surface area contributed by atoms with Gasteiger partial charge in [0.2, 0.25) is 0 Å². The number of rotatable bonds is 6. The summed E-state index contributed by atoms with van der Waals surface area (Å²) in [4.78, 5) is 2.33. The summed E-state index contributed by atoms with van der Waals surface area (Å²) < 4.78 is 1.16. The SMILES string of the molecule is CN(Cc1csc(Br)c1)C(C)(CN)Cc1ccc(Cl)cc1. The van der Waals surface area contributed by atoms with E-state index in [0.717, 1.165) is 21.8 Å². The van der Waals surface area contributed by atoms with Crippen molar-refractivity contribution in [2.45, 2.75) is 25.4 Å². The molecule has 1 aromatic carbocycles. The Kier molecular flexibility index (Phi) is 5.86. The van der Waals surface area contributed by atoms with Gasteiger partial charge in [-0.25, -0.2) is 0 Å². The van der Waals surface area contributed by atoms with E-state index in [1.54, 1.807) is 11.3 Å². The van der Waals surface area contributed by atoms with Crippen molar-refractivity contribution in [2.75, 3.05) is 13.6 Å². The maximum absolute atomic E-state index is 6.07. The van der Waals surface area contributed by atoms with Crippen LogP contribution in [-0.4, -0.2) is 24.0 Å². The smallest absolute Gasteiger partial charge is 0.0701 e. The van der Waals surface area contributed by atoms with Gasteiger partial charge in [-0.2, -0.15) is 0 Å². The van der Waals surface area contributed by atoms with Crippen LogP contribution in [0.15, 0.2) is 39.5 Å². The van der Waals surface area contributed by atoms with E-state index in [1.165, 1.54) is 11.1 Å². The summed E-state index contributed by atoms with van der Waals surface area (Å²) in [6, 6.07) is 10.2. The molecule has 5 heteroatoms. The predicted molar refractivity (Wildman–Crippen MR) is 96.1 cm³/mol. The van der Waals surface area contributed by atoms with Crippen molar-refractivity contribution in [2.24, 2.45) is 5.73 Å². The molecule has 2 rings (SSSR count). The van der Waals surface area contributed by atoms with Crippen LogP contribution in [0.2, 0.25) is 5.02 Å². The zero-order chi connectivity index (χ0) is 15.5. The van der Waals surface area contributed by atoms with Gasteiger partial charge in [-0.1, -0.05) is 23.7 Å². The van der Waals surface area contributed by atoms with Gasteiger partial charge in [-0.3, -0.25) is 4.90 Å². The maximum atomic E-state index is 6.07. The van der Waals surface area contributed by atoms with Gasteiger partial charge in [-0.15, -0.1) is 11.3 Å². The monoisotopic (exact) mass is 386 g/mol. The topological polar surface area (TPSA) is 29.3 Å². The van der Waals surface area contributed by atoms with Crippen molar-refractivity contribution in [1.29, 1.82) is 0 Å². The summed E-state index contributed by atoms with van der Waals surface area (Å²) in [7, 11) is 2.13. The second kappa shape index (κ2) is 7.25. The average molecular weight is 388 g/mol. The molecule has 0 saturated carbocycles. The van der Waals surface area contributed by atoms with E-state index in [1.807, 2.05) is 12.1 Å². The molecule has 2 aromatic rings. The lowest BCUT2D eigenvalue weighted by Gasteiger charge is -2.38. The number of nitrogens with zero attached hydrogens (tertiary/aromatic N) is 1. The Morgan fingerprint density at radius 1 is 1.29 bits per heavy atom. The van der Waals surface area contributed by atoms with Crippen molar-refractivity contribution < 1.29 is 0 Å². The van der Waals surface area contributed by atoms with E-state index >= 15 is 0 Å². The fourth-order valence-electron chi connectivity index (χ4n) is 2.30. The molecule has 0 bridgehead atoms. The lowest BCUT2D eigenvalue weighted by atomic mass is 9.91. The molecule has 0 radical (unpaired) electrons. The third-order valence-corrected chi connectivity index (χ3v) is 5.71. The van der Waals surface area contributed by atoms with E-state index in [9.17, 15) is 0 Å². The summed E-state index contributed by atoms with van der Waals surface area (Å²) in [5.41, 5.74) is 8.55. The summed E-state index contributed by atoms with van der Waals surface area (Å²) in [6.07, 6.45) is 0.905. The van der Waals surface area contributed by atoms with Gasteiger partial charge in [0.15, 0.2) is 0 Å². The lowest BCUT2D eigenvalue weighted by molar-refractivity contribution is 0.136. The third-order valence-electron chi connectivity index (χ3n) is 3.90. The van der Waals surface area contributed by atoms with Crippen LogP contribution in [-0.2, 0) is 13.0 Å². The first kappa shape index (κ1) is 17.0. The second-order valence-electron chi connectivity index (χ2n) is 5.62. The van der Waals surface area contributed by atoms with Crippen LogP contribution in [0.4, 0.5) is 0 Å². The molecule has 1 aromatic heterocycles. The minimum atomic E-state index is -0.0811. The summed E-state index contributed by atoms with van der Waals surface area (Å²) in [6.45, 7) is 3.71. The molecule has 0 amide bonds. The molecular formula is C16H20BrClN2S. The first-order chi connectivity index (χ1) is 9.93. The van der Waals surface area contributed by atoms with Crippen molar-refractivity contribution in [3.8, 4) is 0 Å². The Balaban J connectivity index is 2.09. The summed E-state index contributed by atoms with van der Waals surface area (Å²) >= 11 is 11.2. The highest BCUT2D eigenvalue weighted by Gasteiger charge is 2.28. The van der Waals surface area contributed by atoms with Crippen molar-refractivity contribution >= 4 is 38.9 Å². The van der Waals surface area contributed by atoms with Crippen LogP contribution in [0.3, 0.4) is 0 Å². The number of hydrogen-bond acceptors (Lipinski definition) is 3. The lowest BCUT2D eigenvalue weighted by Crippen LogP contribution is -2.50. The van der Waals surface area contributed by atoms with Crippen molar-refractivity contribution in [3.05, 3.63) is 55.6 Å². The molecule has 0 aliphatic rings. The second-order valence-corrected chi connectivity index (χ2v) is 8.35. The zero-order valence-electron chi connectivity index (χ0n) is 12.3. The molecule has 21 heavy (non-hydrogen) atoms. The first-order valence-electron chi connectivity index (χ1n) is 6.81. The van der Waals surface area contributed by atoms with Gasteiger partial charge in [0.25, 0.3) is 0 Å². The molecule has 1 unspecified atom stereocenters. The molecule has 0 fully saturated rings. The fraction of sp³-hybridized carbons (Fsp3) is 0.375. The number of hydrogen-bond donors (Lipinski definition) is 1. The zero-order valence-corrected chi connectivity index (χ0v) is 15.4. The van der Waals surface area contributed by atoms with E-state index < -0.39 is 0 Å². The van der Waals surface area contributed by atoms with Crippen molar-refractivity contribution in [1.82, 2.24) is 4.90 Å². The number of nitrogens with two attached hydrogens (primary N) is 1. The number of thiophene rings is 1. The fourth-order valence-corrected chi connectivity index (χ4v) is 3.62. The standard InChI is InChI=1S/C16H20BrClN2S/c1-16(11-19,8-12-3-5-14(18)6-4-12)20(2)9-13-7-15(17)21-10-13/h3-7,10H,8-9,11,19H2,1-2H3. The minimum Gasteiger partial charge on any atom is -0.329 e. The highest BCUT2D eigenvalue weighted by molar-refractivity contribution is 9.11. The Morgan fingerprint density at radius 2 is 1.95 bits per heavy atom. The molecular weight excluding hydrogens is 368 g/mol. The van der Waals surface area contributed by atoms with Crippen LogP contribution in [0.25, 0.3) is 0 Å². The number of benzene rings is 1. The molecule has 2 N–H and O–H groups in total.